The second-order valence-corrected chi connectivity index (χ2v) is 5.13. The van der Waals surface area contributed by atoms with Crippen molar-refractivity contribution < 1.29 is 4.79 Å². The Morgan fingerprint density at radius 1 is 1.30 bits per heavy atom. The number of carbonyl (C=O) groups excluding carboxylic acids is 1. The van der Waals surface area contributed by atoms with Crippen LogP contribution in [0, 0.1) is 0 Å². The van der Waals surface area contributed by atoms with Gasteiger partial charge < -0.3 is 5.32 Å². The lowest BCUT2D eigenvalue weighted by Crippen LogP contribution is -2.28. The van der Waals surface area contributed by atoms with Gasteiger partial charge in [-0.2, -0.15) is 0 Å². The molecule has 2 rings (SSSR count). The van der Waals surface area contributed by atoms with Gasteiger partial charge in [-0.3, -0.25) is 4.79 Å². The first-order chi connectivity index (χ1) is 9.61. The fourth-order valence-electron chi connectivity index (χ4n) is 1.94. The largest absolute Gasteiger partial charge is 0.345 e. The van der Waals surface area contributed by atoms with Gasteiger partial charge in [0.1, 0.15) is 5.15 Å². The van der Waals surface area contributed by atoms with E-state index >= 15 is 0 Å². The average molecular weight is 309 g/mol. The van der Waals surface area contributed by atoms with E-state index in [-0.39, 0.29) is 17.1 Å². The van der Waals surface area contributed by atoms with Crippen LogP contribution in [0.15, 0.2) is 42.6 Å². The number of hydrogen-bond donors (Lipinski definition) is 1. The maximum atomic E-state index is 12.2. The second-order valence-electron chi connectivity index (χ2n) is 4.33. The summed E-state index contributed by atoms with van der Waals surface area (Å²) in [6.45, 7) is 2.00. The summed E-state index contributed by atoms with van der Waals surface area (Å²) in [5, 5.41) is 3.79. The fraction of sp³-hybridized carbons (Fsp3) is 0.200. The lowest BCUT2D eigenvalue weighted by atomic mass is 10.0. The highest BCUT2D eigenvalue weighted by Crippen LogP contribution is 2.21. The van der Waals surface area contributed by atoms with Crippen molar-refractivity contribution in [1.29, 1.82) is 0 Å². The summed E-state index contributed by atoms with van der Waals surface area (Å²) in [5.41, 5.74) is 1.34. The number of amides is 1. The normalized spacial score (nSPS) is 11.9. The molecule has 0 saturated carbocycles. The number of halogens is 2. The van der Waals surface area contributed by atoms with Crippen LogP contribution in [0.4, 0.5) is 0 Å². The van der Waals surface area contributed by atoms with Gasteiger partial charge in [-0.25, -0.2) is 4.98 Å². The van der Waals surface area contributed by atoms with Gasteiger partial charge in [0, 0.05) is 11.2 Å². The van der Waals surface area contributed by atoms with Crippen LogP contribution in [0.2, 0.25) is 10.2 Å². The molecule has 1 aromatic heterocycles. The highest BCUT2D eigenvalue weighted by molar-refractivity contribution is 6.32. The Morgan fingerprint density at radius 3 is 2.75 bits per heavy atom. The van der Waals surface area contributed by atoms with Gasteiger partial charge >= 0.3 is 0 Å². The summed E-state index contributed by atoms with van der Waals surface area (Å²) in [5.74, 6) is -0.241. The van der Waals surface area contributed by atoms with Crippen LogP contribution in [0.5, 0.6) is 0 Å². The fourth-order valence-corrected chi connectivity index (χ4v) is 2.34. The van der Waals surface area contributed by atoms with Crippen molar-refractivity contribution in [3.05, 3.63) is 63.9 Å². The van der Waals surface area contributed by atoms with Gasteiger partial charge in [-0.05, 0) is 36.2 Å². The molecule has 1 N–H and O–H groups in total. The molecule has 0 spiro atoms. The van der Waals surface area contributed by atoms with E-state index in [0.29, 0.717) is 10.6 Å². The molecule has 20 heavy (non-hydrogen) atoms. The van der Waals surface area contributed by atoms with Crippen LogP contribution < -0.4 is 5.32 Å². The van der Waals surface area contributed by atoms with E-state index in [1.807, 2.05) is 25.1 Å². The average Bonchev–Trinajstić information content (AvgIpc) is 2.45. The minimum atomic E-state index is -0.241. The smallest absolute Gasteiger partial charge is 0.254 e. The lowest BCUT2D eigenvalue weighted by molar-refractivity contribution is 0.0935. The molecule has 0 aliphatic carbocycles. The van der Waals surface area contributed by atoms with Gasteiger partial charge in [0.2, 0.25) is 0 Å². The predicted molar refractivity (Wildman–Crippen MR) is 81.2 cm³/mol. The van der Waals surface area contributed by atoms with E-state index in [0.717, 1.165) is 12.0 Å². The molecule has 1 heterocycles. The van der Waals surface area contributed by atoms with Crippen molar-refractivity contribution in [2.24, 2.45) is 0 Å². The zero-order valence-electron chi connectivity index (χ0n) is 10.9. The Bertz CT molecular complexity index is 616. The molecule has 1 atom stereocenters. The van der Waals surface area contributed by atoms with Gasteiger partial charge in [0.15, 0.2) is 0 Å². The summed E-state index contributed by atoms with van der Waals surface area (Å²) in [4.78, 5) is 16.1. The van der Waals surface area contributed by atoms with Crippen LogP contribution >= 0.6 is 23.2 Å². The minimum Gasteiger partial charge on any atom is -0.345 e. The molecular weight excluding hydrogens is 295 g/mol. The van der Waals surface area contributed by atoms with Crippen molar-refractivity contribution in [3.63, 3.8) is 0 Å². The number of benzene rings is 1. The summed E-state index contributed by atoms with van der Waals surface area (Å²) < 4.78 is 0. The molecule has 0 bridgehead atoms. The first-order valence-corrected chi connectivity index (χ1v) is 7.04. The first kappa shape index (κ1) is 14.8. The molecule has 2 aromatic rings. The summed E-state index contributed by atoms with van der Waals surface area (Å²) in [6, 6.07) is 10.7. The zero-order chi connectivity index (χ0) is 14.5. The third-order valence-electron chi connectivity index (χ3n) is 2.97. The Morgan fingerprint density at radius 2 is 2.10 bits per heavy atom. The molecule has 0 aliphatic heterocycles. The zero-order valence-corrected chi connectivity index (χ0v) is 12.4. The van der Waals surface area contributed by atoms with Crippen LogP contribution in [-0.4, -0.2) is 10.9 Å². The van der Waals surface area contributed by atoms with Crippen molar-refractivity contribution in [2.45, 2.75) is 19.4 Å². The SMILES string of the molecule is CCC(NC(=O)c1cccnc1Cl)c1cccc(Cl)c1. The number of carbonyl (C=O) groups is 1. The van der Waals surface area contributed by atoms with Gasteiger partial charge in [-0.15, -0.1) is 0 Å². The Kier molecular flexibility index (Phi) is 4.99. The molecule has 0 radical (unpaired) electrons. The molecule has 1 unspecified atom stereocenters. The maximum absolute atomic E-state index is 12.2. The van der Waals surface area contributed by atoms with Crippen molar-refractivity contribution in [1.82, 2.24) is 10.3 Å². The third-order valence-corrected chi connectivity index (χ3v) is 3.50. The van der Waals surface area contributed by atoms with Gasteiger partial charge in [0.25, 0.3) is 5.91 Å². The van der Waals surface area contributed by atoms with E-state index < -0.39 is 0 Å². The summed E-state index contributed by atoms with van der Waals surface area (Å²) in [7, 11) is 0. The second kappa shape index (κ2) is 6.73. The molecule has 5 heteroatoms. The summed E-state index contributed by atoms with van der Waals surface area (Å²) in [6.07, 6.45) is 2.30. The van der Waals surface area contributed by atoms with E-state index in [1.54, 1.807) is 24.4 Å². The molecule has 104 valence electrons. The first-order valence-electron chi connectivity index (χ1n) is 6.28. The number of aromatic nitrogens is 1. The number of rotatable bonds is 4. The maximum Gasteiger partial charge on any atom is 0.254 e. The number of nitrogens with one attached hydrogen (secondary N) is 1. The Balaban J connectivity index is 2.19. The van der Waals surface area contributed by atoms with Crippen molar-refractivity contribution >= 4 is 29.1 Å². The lowest BCUT2D eigenvalue weighted by Gasteiger charge is -2.18. The molecule has 1 amide bonds. The van der Waals surface area contributed by atoms with E-state index in [4.69, 9.17) is 23.2 Å². The van der Waals surface area contributed by atoms with Gasteiger partial charge in [-0.1, -0.05) is 42.3 Å². The van der Waals surface area contributed by atoms with E-state index in [1.165, 1.54) is 0 Å². The quantitative estimate of drug-likeness (QED) is 0.857. The van der Waals surface area contributed by atoms with E-state index in [9.17, 15) is 4.79 Å². The molecule has 3 nitrogen and oxygen atoms in total. The number of hydrogen-bond acceptors (Lipinski definition) is 2. The highest BCUT2D eigenvalue weighted by atomic mass is 35.5. The van der Waals surface area contributed by atoms with Crippen LogP contribution in [-0.2, 0) is 0 Å². The monoisotopic (exact) mass is 308 g/mol. The molecule has 0 aliphatic rings. The summed E-state index contributed by atoms with van der Waals surface area (Å²) >= 11 is 11.9. The third kappa shape index (κ3) is 3.50. The molecule has 0 fully saturated rings. The number of nitrogens with zero attached hydrogens (tertiary/aromatic N) is 1. The van der Waals surface area contributed by atoms with Crippen LogP contribution in [0.25, 0.3) is 0 Å². The van der Waals surface area contributed by atoms with Crippen molar-refractivity contribution in [3.8, 4) is 0 Å². The Hall–Kier alpha value is -1.58. The number of pyridine rings is 1. The molecular formula is C15H14Cl2N2O. The standard InChI is InChI=1S/C15H14Cl2N2O/c1-2-13(10-5-3-6-11(16)9-10)19-15(20)12-7-4-8-18-14(12)17/h3-9,13H,2H2,1H3,(H,19,20). The van der Waals surface area contributed by atoms with E-state index in [2.05, 4.69) is 10.3 Å². The topological polar surface area (TPSA) is 42.0 Å². The van der Waals surface area contributed by atoms with Gasteiger partial charge in [0.05, 0.1) is 11.6 Å². The Labute approximate surface area is 127 Å². The van der Waals surface area contributed by atoms with Crippen LogP contribution in [0.1, 0.15) is 35.3 Å². The highest BCUT2D eigenvalue weighted by Gasteiger charge is 2.16. The minimum absolute atomic E-state index is 0.113. The molecule has 1 aromatic carbocycles. The predicted octanol–water partition coefficient (Wildman–Crippen LogP) is 4.27. The van der Waals surface area contributed by atoms with Crippen LogP contribution in [0.3, 0.4) is 0 Å². The molecule has 0 saturated heterocycles. The van der Waals surface area contributed by atoms with Crippen molar-refractivity contribution in [2.75, 3.05) is 0 Å².